The van der Waals surface area contributed by atoms with E-state index in [0.717, 1.165) is 83.5 Å². The van der Waals surface area contributed by atoms with E-state index in [-0.39, 0.29) is 12.5 Å². The maximum absolute atomic E-state index is 12.8. The number of hydrogen-bond acceptors (Lipinski definition) is 6. The number of allylic oxidation sites excluding steroid dienone is 15. The second kappa shape index (κ2) is 37.0. The van der Waals surface area contributed by atoms with Crippen LogP contribution in [0.5, 0.6) is 0 Å². The average molecular weight is 787 g/mol. The fraction of sp³-hybridized carbons (Fsp3) is 0.630. The van der Waals surface area contributed by atoms with E-state index in [1.54, 1.807) is 6.08 Å². The zero-order chi connectivity index (χ0) is 40.7. The predicted molar refractivity (Wildman–Crippen MR) is 233 cm³/mol. The summed E-state index contributed by atoms with van der Waals surface area (Å²) in [4.78, 5) is 25.2. The lowest BCUT2D eigenvalue weighted by molar-refractivity contribution is -0.870. The van der Waals surface area contributed by atoms with E-state index < -0.39 is 26.6 Å². The van der Waals surface area contributed by atoms with E-state index in [1.165, 1.54) is 25.7 Å². The summed E-state index contributed by atoms with van der Waals surface area (Å²) in [6.07, 6.45) is 51.8. The lowest BCUT2D eigenvalue weighted by Crippen LogP contribution is -2.45. The first-order valence-corrected chi connectivity index (χ1v) is 22.6. The van der Waals surface area contributed by atoms with Gasteiger partial charge in [0.1, 0.15) is 13.2 Å². The molecule has 0 aromatic rings. The third-order valence-corrected chi connectivity index (χ3v) is 9.51. The van der Waals surface area contributed by atoms with Crippen LogP contribution in [0.4, 0.5) is 0 Å². The van der Waals surface area contributed by atoms with Gasteiger partial charge in [0.2, 0.25) is 5.91 Å². The molecule has 8 nitrogen and oxygen atoms in total. The summed E-state index contributed by atoms with van der Waals surface area (Å²) in [5.41, 5.74) is 0. The van der Waals surface area contributed by atoms with E-state index in [2.05, 4.69) is 104 Å². The van der Waals surface area contributed by atoms with Crippen LogP contribution < -0.4 is 10.2 Å². The van der Waals surface area contributed by atoms with Crippen molar-refractivity contribution in [3.8, 4) is 0 Å². The molecule has 0 fully saturated rings. The number of phosphoric ester groups is 1. The summed E-state index contributed by atoms with van der Waals surface area (Å²) >= 11 is 0. The molecule has 314 valence electrons. The summed E-state index contributed by atoms with van der Waals surface area (Å²) in [5.74, 6) is -0.239. The van der Waals surface area contributed by atoms with Crippen molar-refractivity contribution in [2.45, 2.75) is 148 Å². The normalized spacial score (nSPS) is 15.4. The molecule has 0 aliphatic carbocycles. The van der Waals surface area contributed by atoms with E-state index >= 15 is 0 Å². The fourth-order valence-corrected chi connectivity index (χ4v) is 5.91. The molecule has 0 rings (SSSR count). The Morgan fingerprint density at radius 2 is 1.11 bits per heavy atom. The maximum atomic E-state index is 12.8. The molecule has 0 saturated heterocycles. The Labute approximate surface area is 337 Å². The van der Waals surface area contributed by atoms with Crippen molar-refractivity contribution in [2.75, 3.05) is 40.9 Å². The van der Waals surface area contributed by atoms with Crippen molar-refractivity contribution in [3.05, 3.63) is 97.2 Å². The van der Waals surface area contributed by atoms with Crippen molar-refractivity contribution in [3.63, 3.8) is 0 Å². The minimum Gasteiger partial charge on any atom is -0.756 e. The second-order valence-electron chi connectivity index (χ2n) is 15.0. The summed E-state index contributed by atoms with van der Waals surface area (Å²) in [6, 6.07) is -0.908. The first-order chi connectivity index (χ1) is 26.5. The standard InChI is InChI=1S/C46H79N2O6P/c1-6-8-10-12-14-16-17-18-19-20-21-22-23-24-25-26-27-28-29-30-31-32-34-36-38-40-46(50)47-44(43-54-55(51,52)53-42-41-48(3,4)5)45(49)39-37-35-33-15-13-11-9-7-2/h8,10,14,16,18-19,21-22,24-25,27-28,30-31,37,39,44-45,49H,6-7,9,11-13,15,17,20,23,26,29,32-36,38,40-43H2,1-5H3,(H-,47,50,51,52)/b10-8-,16-14-,19-18-,22-21-,25-24-,28-27-,31-30-,39-37+. The van der Waals surface area contributed by atoms with Crippen molar-refractivity contribution < 1.29 is 32.9 Å². The summed E-state index contributed by atoms with van der Waals surface area (Å²) < 4.78 is 23.0. The van der Waals surface area contributed by atoms with Gasteiger partial charge in [-0.3, -0.25) is 9.36 Å². The number of rotatable bonds is 36. The average Bonchev–Trinajstić information content (AvgIpc) is 3.13. The smallest absolute Gasteiger partial charge is 0.268 e. The van der Waals surface area contributed by atoms with Crippen LogP contribution in [0, 0.1) is 0 Å². The minimum absolute atomic E-state index is 0.0142. The van der Waals surface area contributed by atoms with Gasteiger partial charge in [-0.15, -0.1) is 0 Å². The quantitative estimate of drug-likeness (QED) is 0.0283. The van der Waals surface area contributed by atoms with Crippen LogP contribution >= 0.6 is 7.82 Å². The number of nitrogens with zero attached hydrogens (tertiary/aromatic N) is 1. The molecule has 3 unspecified atom stereocenters. The molecule has 0 spiro atoms. The second-order valence-corrected chi connectivity index (χ2v) is 16.4. The number of amides is 1. The van der Waals surface area contributed by atoms with Crippen LogP contribution in [0.2, 0.25) is 0 Å². The SMILES string of the molecule is CC/C=C\C/C=C\C/C=C\C/C=C\C/C=C\C/C=C\C/C=C\CCCCCC(=O)NC(COP(=O)([O-])OCC[N+](C)(C)C)C(O)/C=C/CCCCCCCC. The summed E-state index contributed by atoms with van der Waals surface area (Å²) in [5, 5.41) is 13.6. The molecule has 2 N–H and O–H groups in total. The number of phosphoric acid groups is 1. The van der Waals surface area contributed by atoms with Gasteiger partial charge in [-0.1, -0.05) is 150 Å². The third kappa shape index (κ3) is 39.5. The predicted octanol–water partition coefficient (Wildman–Crippen LogP) is 10.9. The monoisotopic (exact) mass is 787 g/mol. The van der Waals surface area contributed by atoms with Gasteiger partial charge in [-0.2, -0.15) is 0 Å². The number of quaternary nitrogens is 1. The lowest BCUT2D eigenvalue weighted by atomic mass is 10.1. The zero-order valence-corrected chi connectivity index (χ0v) is 36.2. The van der Waals surface area contributed by atoms with Gasteiger partial charge in [0.05, 0.1) is 39.9 Å². The molecule has 0 aliphatic heterocycles. The summed E-state index contributed by atoms with van der Waals surface area (Å²) in [7, 11) is 1.21. The number of unbranched alkanes of at least 4 members (excludes halogenated alkanes) is 9. The number of aliphatic hydroxyl groups excluding tert-OH is 1. The van der Waals surface area contributed by atoms with Gasteiger partial charge >= 0.3 is 0 Å². The lowest BCUT2D eigenvalue weighted by Gasteiger charge is -2.29. The van der Waals surface area contributed by atoms with Crippen molar-refractivity contribution >= 4 is 13.7 Å². The van der Waals surface area contributed by atoms with Crippen molar-refractivity contribution in [1.29, 1.82) is 0 Å². The van der Waals surface area contributed by atoms with Gasteiger partial charge in [0, 0.05) is 6.42 Å². The zero-order valence-electron chi connectivity index (χ0n) is 35.3. The largest absolute Gasteiger partial charge is 0.756 e. The molecule has 1 amide bonds. The molecular weight excluding hydrogens is 707 g/mol. The summed E-state index contributed by atoms with van der Waals surface area (Å²) in [6.45, 7) is 4.42. The van der Waals surface area contributed by atoms with E-state index in [4.69, 9.17) is 9.05 Å². The highest BCUT2D eigenvalue weighted by Crippen LogP contribution is 2.38. The Bertz CT molecular complexity index is 1210. The van der Waals surface area contributed by atoms with Gasteiger partial charge in [-0.05, 0) is 77.0 Å². The van der Waals surface area contributed by atoms with E-state index in [1.807, 2.05) is 27.2 Å². The highest BCUT2D eigenvalue weighted by molar-refractivity contribution is 7.45. The number of likely N-dealkylation sites (N-methyl/N-ethyl adjacent to an activating group) is 1. The molecule has 0 bridgehead atoms. The van der Waals surface area contributed by atoms with Crippen molar-refractivity contribution in [1.82, 2.24) is 5.32 Å². The first kappa shape index (κ1) is 52.4. The number of nitrogens with one attached hydrogen (secondary N) is 1. The minimum atomic E-state index is -4.59. The maximum Gasteiger partial charge on any atom is 0.268 e. The van der Waals surface area contributed by atoms with E-state index in [9.17, 15) is 19.4 Å². The van der Waals surface area contributed by atoms with Crippen LogP contribution in [-0.2, 0) is 18.4 Å². The topological polar surface area (TPSA) is 108 Å². The molecule has 9 heteroatoms. The van der Waals surface area contributed by atoms with Crippen LogP contribution in [-0.4, -0.2) is 68.5 Å². The molecule has 3 atom stereocenters. The van der Waals surface area contributed by atoms with Crippen LogP contribution in [0.1, 0.15) is 136 Å². The highest BCUT2D eigenvalue weighted by atomic mass is 31.2. The molecule has 0 aliphatic rings. The Morgan fingerprint density at radius 1 is 0.655 bits per heavy atom. The highest BCUT2D eigenvalue weighted by Gasteiger charge is 2.23. The molecule has 0 heterocycles. The Balaban J connectivity index is 4.38. The van der Waals surface area contributed by atoms with Crippen molar-refractivity contribution in [2.24, 2.45) is 0 Å². The van der Waals surface area contributed by atoms with Gasteiger partial charge in [0.15, 0.2) is 0 Å². The number of carbonyl (C=O) groups excluding carboxylic acids is 1. The Kier molecular flexibility index (Phi) is 35.3. The Morgan fingerprint density at radius 3 is 1.62 bits per heavy atom. The van der Waals surface area contributed by atoms with Gasteiger partial charge in [-0.25, -0.2) is 0 Å². The molecule has 0 aromatic carbocycles. The van der Waals surface area contributed by atoms with Crippen LogP contribution in [0.15, 0.2) is 97.2 Å². The van der Waals surface area contributed by atoms with Gasteiger partial charge < -0.3 is 28.8 Å². The number of carbonyl (C=O) groups is 1. The van der Waals surface area contributed by atoms with E-state index in [0.29, 0.717) is 23.9 Å². The molecular formula is C46H79N2O6P. The Hall–Kier alpha value is -2.58. The number of hydrogen-bond donors (Lipinski definition) is 2. The van der Waals surface area contributed by atoms with Crippen LogP contribution in [0.3, 0.4) is 0 Å². The first-order valence-electron chi connectivity index (χ1n) is 21.1. The van der Waals surface area contributed by atoms with Gasteiger partial charge in [0.25, 0.3) is 7.82 Å². The molecule has 0 aromatic heterocycles. The molecule has 0 saturated carbocycles. The third-order valence-electron chi connectivity index (χ3n) is 8.55. The van der Waals surface area contributed by atoms with Crippen LogP contribution in [0.25, 0.3) is 0 Å². The fourth-order valence-electron chi connectivity index (χ4n) is 5.19. The number of aliphatic hydroxyl groups is 1. The molecule has 0 radical (unpaired) electrons. The molecule has 55 heavy (non-hydrogen) atoms.